The maximum atomic E-state index is 13.3. The molecular weight excluding hydrogens is 502 g/mol. The average molecular weight is 536 g/mol. The fourth-order valence-electron chi connectivity index (χ4n) is 3.71. The fourth-order valence-corrected chi connectivity index (χ4v) is 3.71. The monoisotopic (exact) mass is 535 g/mol. The molecule has 0 aliphatic heterocycles. The van der Waals surface area contributed by atoms with E-state index in [1.165, 1.54) is 6.92 Å². The van der Waals surface area contributed by atoms with Crippen LogP contribution in [-0.2, 0) is 30.4 Å². The number of amides is 3. The predicted molar refractivity (Wildman–Crippen MR) is 134 cm³/mol. The number of fused-ring (bicyclic) bond motifs is 1. The number of hydrogen-bond acceptors (Lipinski definition) is 8. The van der Waals surface area contributed by atoms with Gasteiger partial charge in [0.25, 0.3) is 0 Å². The molecule has 0 aliphatic carbocycles. The molecule has 0 saturated heterocycles. The quantitative estimate of drug-likeness (QED) is 0.131. The van der Waals surface area contributed by atoms with Crippen molar-refractivity contribution in [3.05, 3.63) is 36.0 Å². The largest absolute Gasteiger partial charge is 0.481 e. The van der Waals surface area contributed by atoms with Crippen LogP contribution in [0, 0.1) is 0 Å². The molecule has 1 aromatic carbocycles. The highest BCUT2D eigenvalue weighted by Gasteiger charge is 2.34. The van der Waals surface area contributed by atoms with Crippen LogP contribution in [0.4, 0.5) is 0 Å². The summed E-state index contributed by atoms with van der Waals surface area (Å²) in [7, 11) is 0. The van der Waals surface area contributed by atoms with Crippen LogP contribution in [0.15, 0.2) is 30.5 Å². The van der Waals surface area contributed by atoms with Gasteiger partial charge in [-0.05, 0) is 31.9 Å². The maximum Gasteiger partial charge on any atom is 0.328 e. The van der Waals surface area contributed by atoms with Gasteiger partial charge in [0.2, 0.25) is 17.7 Å². The molecule has 38 heavy (non-hydrogen) atoms. The van der Waals surface area contributed by atoms with Gasteiger partial charge in [0, 0.05) is 29.9 Å². The molecule has 1 aromatic heterocycles. The summed E-state index contributed by atoms with van der Waals surface area (Å²) < 4.78 is 0. The summed E-state index contributed by atoms with van der Waals surface area (Å²) in [6, 6.07) is 1.32. The van der Waals surface area contributed by atoms with E-state index in [1.807, 2.05) is 6.07 Å². The summed E-state index contributed by atoms with van der Waals surface area (Å²) in [4.78, 5) is 63.9. The van der Waals surface area contributed by atoms with Gasteiger partial charge in [-0.1, -0.05) is 18.2 Å². The zero-order chi connectivity index (χ0) is 28.6. The number of carbonyl (C=O) groups excluding carboxylic acids is 3. The molecule has 1 heterocycles. The van der Waals surface area contributed by atoms with Crippen molar-refractivity contribution in [1.82, 2.24) is 20.9 Å². The van der Waals surface area contributed by atoms with E-state index in [0.717, 1.165) is 17.8 Å². The Morgan fingerprint density at radius 2 is 1.50 bits per heavy atom. The summed E-state index contributed by atoms with van der Waals surface area (Å²) in [5.74, 6) is -5.44. The van der Waals surface area contributed by atoms with E-state index in [-0.39, 0.29) is 19.3 Å². The number of benzene rings is 1. The number of carbonyl (C=O) groups is 5. The second kappa shape index (κ2) is 13.5. The first-order valence-electron chi connectivity index (χ1n) is 11.8. The Labute approximate surface area is 217 Å². The Hall–Kier alpha value is -4.01. The Morgan fingerprint density at radius 1 is 0.895 bits per heavy atom. The van der Waals surface area contributed by atoms with E-state index in [9.17, 15) is 39.3 Å². The van der Waals surface area contributed by atoms with Crippen LogP contribution < -0.4 is 21.7 Å². The highest BCUT2D eigenvalue weighted by molar-refractivity contribution is 5.95. The molecule has 14 heteroatoms. The van der Waals surface area contributed by atoms with E-state index < -0.39 is 66.0 Å². The SMILES string of the molecule is CC(O)C(NC(=O)C(NC(=O)C(Cc1c[nH]c2ccccc12)NC(=O)C(N)CCC(=O)O)C(C)O)C(=O)O. The number of H-pyrrole nitrogens is 1. The lowest BCUT2D eigenvalue weighted by Crippen LogP contribution is -2.61. The normalized spacial score (nSPS) is 15.9. The minimum Gasteiger partial charge on any atom is -0.481 e. The minimum atomic E-state index is -1.70. The van der Waals surface area contributed by atoms with Crippen molar-refractivity contribution in [2.75, 3.05) is 0 Å². The topological polar surface area (TPSA) is 244 Å². The van der Waals surface area contributed by atoms with E-state index in [1.54, 1.807) is 24.4 Å². The van der Waals surface area contributed by atoms with Crippen molar-refractivity contribution < 1.29 is 44.4 Å². The van der Waals surface area contributed by atoms with Gasteiger partial charge < -0.3 is 47.1 Å². The highest BCUT2D eigenvalue weighted by Crippen LogP contribution is 2.19. The summed E-state index contributed by atoms with van der Waals surface area (Å²) in [6.07, 6.45) is -1.93. The molecule has 0 fully saturated rings. The molecule has 208 valence electrons. The molecule has 10 N–H and O–H groups in total. The standard InChI is InChI=1S/C24H33N5O9/c1-11(30)19(23(36)29-20(12(2)31)24(37)38)28-22(35)17(27-21(34)15(25)7-8-18(32)33)9-13-10-26-16-6-4-3-5-14(13)16/h3-6,10-12,15,17,19-20,26,30-31H,7-9,25H2,1-2H3,(H,27,34)(H,28,35)(H,29,36)(H,32,33)(H,37,38). The molecule has 0 spiro atoms. The zero-order valence-electron chi connectivity index (χ0n) is 20.9. The van der Waals surface area contributed by atoms with Gasteiger partial charge >= 0.3 is 11.9 Å². The Balaban J connectivity index is 2.28. The molecule has 0 aliphatic rings. The number of rotatable bonds is 14. The fraction of sp³-hybridized carbons (Fsp3) is 0.458. The number of aromatic amines is 1. The molecule has 2 aromatic rings. The van der Waals surface area contributed by atoms with Crippen LogP contribution in [0.5, 0.6) is 0 Å². The van der Waals surface area contributed by atoms with Crippen molar-refractivity contribution in [3.63, 3.8) is 0 Å². The lowest BCUT2D eigenvalue weighted by atomic mass is 10.0. The summed E-state index contributed by atoms with van der Waals surface area (Å²) in [6.45, 7) is 2.34. The molecule has 6 unspecified atom stereocenters. The number of nitrogens with two attached hydrogens (primary N) is 1. The van der Waals surface area contributed by atoms with Gasteiger partial charge in [-0.3, -0.25) is 19.2 Å². The molecular formula is C24H33N5O9. The number of carboxylic acid groups (broad SMARTS) is 2. The predicted octanol–water partition coefficient (Wildman–Crippen LogP) is -1.80. The molecule has 6 atom stereocenters. The maximum absolute atomic E-state index is 13.3. The summed E-state index contributed by atoms with van der Waals surface area (Å²) in [5, 5.41) is 45.5. The summed E-state index contributed by atoms with van der Waals surface area (Å²) in [5.41, 5.74) is 7.20. The lowest BCUT2D eigenvalue weighted by molar-refractivity contribution is -0.146. The number of nitrogens with one attached hydrogen (secondary N) is 4. The van der Waals surface area contributed by atoms with Crippen molar-refractivity contribution in [1.29, 1.82) is 0 Å². The van der Waals surface area contributed by atoms with Gasteiger partial charge in [0.15, 0.2) is 6.04 Å². The third-order valence-corrected chi connectivity index (χ3v) is 5.85. The molecule has 14 nitrogen and oxygen atoms in total. The van der Waals surface area contributed by atoms with Gasteiger partial charge in [-0.2, -0.15) is 0 Å². The molecule has 0 saturated carbocycles. The van der Waals surface area contributed by atoms with Crippen LogP contribution in [-0.4, -0.2) is 91.4 Å². The van der Waals surface area contributed by atoms with Gasteiger partial charge in [-0.15, -0.1) is 0 Å². The molecule has 0 bridgehead atoms. The van der Waals surface area contributed by atoms with Crippen molar-refractivity contribution >= 4 is 40.6 Å². The number of aromatic nitrogens is 1. The number of hydrogen-bond donors (Lipinski definition) is 9. The van der Waals surface area contributed by atoms with Gasteiger partial charge in [-0.25, -0.2) is 4.79 Å². The second-order valence-electron chi connectivity index (χ2n) is 8.96. The smallest absolute Gasteiger partial charge is 0.328 e. The first-order valence-corrected chi connectivity index (χ1v) is 11.8. The van der Waals surface area contributed by atoms with Crippen molar-refractivity contribution in [3.8, 4) is 0 Å². The summed E-state index contributed by atoms with van der Waals surface area (Å²) >= 11 is 0. The van der Waals surface area contributed by atoms with Crippen LogP contribution in [0.3, 0.4) is 0 Å². The van der Waals surface area contributed by atoms with E-state index in [2.05, 4.69) is 20.9 Å². The van der Waals surface area contributed by atoms with Crippen LogP contribution in [0.2, 0.25) is 0 Å². The first kappa shape index (κ1) is 30.2. The lowest BCUT2D eigenvalue weighted by Gasteiger charge is -2.27. The minimum absolute atomic E-state index is 0.0627. The van der Waals surface area contributed by atoms with E-state index >= 15 is 0 Å². The Kier molecular flexibility index (Phi) is 10.7. The number of aliphatic hydroxyl groups excluding tert-OH is 2. The van der Waals surface area contributed by atoms with E-state index in [4.69, 9.17) is 10.8 Å². The molecule has 0 radical (unpaired) electrons. The number of para-hydroxylation sites is 1. The first-order chi connectivity index (χ1) is 17.8. The van der Waals surface area contributed by atoms with Crippen molar-refractivity contribution in [2.45, 2.75) is 69.5 Å². The zero-order valence-corrected chi connectivity index (χ0v) is 20.9. The number of aliphatic carboxylic acids is 2. The van der Waals surface area contributed by atoms with Crippen LogP contribution >= 0.6 is 0 Å². The third-order valence-electron chi connectivity index (χ3n) is 5.85. The van der Waals surface area contributed by atoms with E-state index in [0.29, 0.717) is 5.56 Å². The highest BCUT2D eigenvalue weighted by atomic mass is 16.4. The number of aliphatic hydroxyl groups is 2. The second-order valence-corrected chi connectivity index (χ2v) is 8.96. The van der Waals surface area contributed by atoms with Crippen LogP contribution in [0.1, 0.15) is 32.3 Å². The van der Waals surface area contributed by atoms with Crippen LogP contribution in [0.25, 0.3) is 10.9 Å². The average Bonchev–Trinajstić information content (AvgIpc) is 3.25. The van der Waals surface area contributed by atoms with Gasteiger partial charge in [0.05, 0.1) is 18.2 Å². The Bertz CT molecular complexity index is 1160. The molecule has 3 amide bonds. The Morgan fingerprint density at radius 3 is 2.08 bits per heavy atom. The third kappa shape index (κ3) is 8.26. The number of carboxylic acids is 2. The van der Waals surface area contributed by atoms with Gasteiger partial charge in [0.1, 0.15) is 12.1 Å². The van der Waals surface area contributed by atoms with Crippen molar-refractivity contribution in [2.24, 2.45) is 5.73 Å². The molecule has 2 rings (SSSR count).